The Morgan fingerprint density at radius 2 is 1.83 bits per heavy atom. The maximum Gasteiger partial charge on any atom is 0.304 e. The molecular weight excluding hydrogens is 326 g/mol. The summed E-state index contributed by atoms with van der Waals surface area (Å²) in [6.07, 6.45) is 4.32. The zero-order valence-corrected chi connectivity index (χ0v) is 15.4. The molecule has 0 radical (unpaired) electrons. The van der Waals surface area contributed by atoms with Gasteiger partial charge in [-0.2, -0.15) is 0 Å². The average molecular weight is 354 g/mol. The topological polar surface area (TPSA) is 75.9 Å². The third-order valence-electron chi connectivity index (χ3n) is 4.73. The fourth-order valence-corrected chi connectivity index (χ4v) is 5.59. The van der Waals surface area contributed by atoms with Gasteiger partial charge in [-0.1, -0.05) is 31.9 Å². The van der Waals surface area contributed by atoms with E-state index in [0.717, 1.165) is 24.8 Å². The lowest BCUT2D eigenvalue weighted by Gasteiger charge is -2.43. The highest BCUT2D eigenvalue weighted by molar-refractivity contribution is 7.91. The quantitative estimate of drug-likeness (QED) is 0.653. The van der Waals surface area contributed by atoms with Crippen molar-refractivity contribution in [1.29, 1.82) is 0 Å². The van der Waals surface area contributed by atoms with E-state index >= 15 is 0 Å². The number of likely N-dealkylation sites (tertiary alicyclic amines) is 1. The lowest BCUT2D eigenvalue weighted by molar-refractivity contribution is -0.942. The maximum absolute atomic E-state index is 12.7. The van der Waals surface area contributed by atoms with Gasteiger partial charge < -0.3 is 10.0 Å². The number of hydrogen-bond donors (Lipinski definition) is 2. The van der Waals surface area contributed by atoms with Gasteiger partial charge in [0.2, 0.25) is 0 Å². The van der Waals surface area contributed by atoms with Crippen LogP contribution in [0.4, 0.5) is 0 Å². The Morgan fingerprint density at radius 3 is 2.33 bits per heavy atom. The number of carboxylic acids is 1. The fourth-order valence-electron chi connectivity index (χ4n) is 3.76. The first-order valence-electron chi connectivity index (χ1n) is 8.61. The van der Waals surface area contributed by atoms with Gasteiger partial charge in [-0.05, 0) is 30.5 Å². The van der Waals surface area contributed by atoms with E-state index in [2.05, 4.69) is 6.92 Å². The highest BCUT2D eigenvalue weighted by Crippen LogP contribution is 2.29. The van der Waals surface area contributed by atoms with Crippen LogP contribution in [0, 0.1) is 5.41 Å². The zero-order chi connectivity index (χ0) is 17.8. The first-order valence-corrected chi connectivity index (χ1v) is 10.3. The number of aliphatic carboxylic acids is 1. The Kier molecular flexibility index (Phi) is 6.04. The van der Waals surface area contributed by atoms with Crippen molar-refractivity contribution in [2.45, 2.75) is 43.9 Å². The average Bonchev–Trinajstić information content (AvgIpc) is 2.45. The van der Waals surface area contributed by atoms with Crippen LogP contribution in [0.3, 0.4) is 0 Å². The van der Waals surface area contributed by atoms with Gasteiger partial charge in [-0.15, -0.1) is 0 Å². The van der Waals surface area contributed by atoms with Crippen molar-refractivity contribution in [2.75, 3.05) is 25.9 Å². The van der Waals surface area contributed by atoms with Gasteiger partial charge in [0.1, 0.15) is 0 Å². The van der Waals surface area contributed by atoms with Crippen LogP contribution in [0.25, 0.3) is 0 Å². The molecule has 0 atom stereocenters. The van der Waals surface area contributed by atoms with Crippen molar-refractivity contribution >= 4 is 15.8 Å². The summed E-state index contributed by atoms with van der Waals surface area (Å²) < 4.78 is 25.4. The summed E-state index contributed by atoms with van der Waals surface area (Å²) in [5.41, 5.74) is 0.518. The number of rotatable bonds is 9. The van der Waals surface area contributed by atoms with Crippen molar-refractivity contribution in [3.8, 4) is 0 Å². The molecular formula is C18H28NO4S+. The molecule has 1 aromatic rings. The zero-order valence-electron chi connectivity index (χ0n) is 14.5. The molecule has 0 bridgehead atoms. The number of unbranched alkanes of at least 4 members (excludes halogenated alkanes) is 2. The molecule has 1 aliphatic heterocycles. The molecule has 1 fully saturated rings. The van der Waals surface area contributed by atoms with Crippen LogP contribution in [0.15, 0.2) is 29.2 Å². The van der Waals surface area contributed by atoms with Crippen molar-refractivity contribution in [1.82, 2.24) is 0 Å². The van der Waals surface area contributed by atoms with Crippen LogP contribution in [0.5, 0.6) is 0 Å². The third kappa shape index (κ3) is 4.80. The van der Waals surface area contributed by atoms with Crippen LogP contribution < -0.4 is 4.90 Å². The Hall–Kier alpha value is -1.40. The highest BCUT2D eigenvalue weighted by atomic mass is 32.2. The van der Waals surface area contributed by atoms with E-state index in [0.29, 0.717) is 18.0 Å². The molecule has 6 heteroatoms. The van der Waals surface area contributed by atoms with Crippen LogP contribution in [-0.4, -0.2) is 45.4 Å². The van der Waals surface area contributed by atoms with Gasteiger partial charge in [0.05, 0.1) is 42.6 Å². The minimum atomic E-state index is -3.47. The van der Waals surface area contributed by atoms with Gasteiger partial charge in [-0.25, -0.2) is 8.42 Å². The van der Waals surface area contributed by atoms with E-state index in [4.69, 9.17) is 5.11 Å². The Labute approximate surface area is 144 Å². The molecule has 0 spiro atoms. The van der Waals surface area contributed by atoms with E-state index in [1.807, 2.05) is 19.2 Å². The predicted molar refractivity (Wildman–Crippen MR) is 93.0 cm³/mol. The minimum Gasteiger partial charge on any atom is -0.481 e. The minimum absolute atomic E-state index is 0.0845. The molecule has 0 unspecified atom stereocenters. The van der Waals surface area contributed by atoms with Crippen LogP contribution >= 0.6 is 0 Å². The number of benzene rings is 1. The number of aryl methyl sites for hydroxylation is 1. The lowest BCUT2D eigenvalue weighted by atomic mass is 9.79. The van der Waals surface area contributed by atoms with E-state index < -0.39 is 21.2 Å². The summed E-state index contributed by atoms with van der Waals surface area (Å²) in [5.74, 6) is -1.01. The van der Waals surface area contributed by atoms with Gasteiger partial charge in [0.15, 0.2) is 9.84 Å². The SMILES string of the molecule is CCCCCc1ccc(S(=O)(=O)CC2(CC(=O)O)C[NH+](C)C2)cc1. The first kappa shape index (κ1) is 18.9. The monoisotopic (exact) mass is 354 g/mol. The summed E-state index contributed by atoms with van der Waals surface area (Å²) in [7, 11) is -1.51. The van der Waals surface area contributed by atoms with Gasteiger partial charge >= 0.3 is 5.97 Å². The standard InChI is InChI=1S/C18H27NO4S/c1-3-4-5-6-15-7-9-16(10-8-15)24(22,23)14-18(11-17(20)21)12-19(2)13-18/h7-10H,3-6,11-14H2,1-2H3,(H,20,21)/p+1. The summed E-state index contributed by atoms with van der Waals surface area (Å²) in [4.78, 5) is 12.6. The molecule has 2 rings (SSSR count). The predicted octanol–water partition coefficient (Wildman–Crippen LogP) is 1.18. The van der Waals surface area contributed by atoms with E-state index in [9.17, 15) is 13.2 Å². The second kappa shape index (κ2) is 7.66. The fraction of sp³-hybridized carbons (Fsp3) is 0.611. The van der Waals surface area contributed by atoms with Crippen LogP contribution in [0.2, 0.25) is 0 Å². The molecule has 2 N–H and O–H groups in total. The number of quaternary nitrogens is 1. The molecule has 5 nitrogen and oxygen atoms in total. The van der Waals surface area contributed by atoms with E-state index in [1.54, 1.807) is 12.1 Å². The molecule has 1 heterocycles. The van der Waals surface area contributed by atoms with Gasteiger partial charge in [0, 0.05) is 0 Å². The number of hydrogen-bond acceptors (Lipinski definition) is 3. The number of nitrogens with one attached hydrogen (secondary N) is 1. The van der Waals surface area contributed by atoms with Crippen molar-refractivity contribution < 1.29 is 23.2 Å². The number of sulfone groups is 1. The second-order valence-corrected chi connectivity index (χ2v) is 9.23. The van der Waals surface area contributed by atoms with Crippen LogP contribution in [0.1, 0.15) is 38.2 Å². The summed E-state index contributed by atoms with van der Waals surface area (Å²) in [6.45, 7) is 3.34. The molecule has 1 aliphatic rings. The maximum atomic E-state index is 12.7. The Morgan fingerprint density at radius 1 is 1.21 bits per heavy atom. The van der Waals surface area contributed by atoms with E-state index in [-0.39, 0.29) is 12.2 Å². The Balaban J connectivity index is 2.07. The molecule has 24 heavy (non-hydrogen) atoms. The summed E-state index contributed by atoms with van der Waals surface area (Å²) >= 11 is 0. The Bertz CT molecular complexity index is 661. The van der Waals surface area contributed by atoms with Crippen LogP contribution in [-0.2, 0) is 21.1 Å². The smallest absolute Gasteiger partial charge is 0.304 e. The molecule has 134 valence electrons. The number of carboxylic acid groups (broad SMARTS) is 1. The molecule has 1 aromatic carbocycles. The van der Waals surface area contributed by atoms with E-state index in [1.165, 1.54) is 11.3 Å². The molecule has 1 saturated heterocycles. The summed E-state index contributed by atoms with van der Waals surface area (Å²) in [5, 5.41) is 9.10. The molecule has 0 saturated carbocycles. The molecule has 0 amide bonds. The third-order valence-corrected chi connectivity index (χ3v) is 6.71. The highest BCUT2D eigenvalue weighted by Gasteiger charge is 2.50. The van der Waals surface area contributed by atoms with Crippen molar-refractivity contribution in [3.63, 3.8) is 0 Å². The first-order chi connectivity index (χ1) is 11.3. The van der Waals surface area contributed by atoms with Crippen molar-refractivity contribution in [3.05, 3.63) is 29.8 Å². The largest absolute Gasteiger partial charge is 0.481 e. The van der Waals surface area contributed by atoms with Gasteiger partial charge in [0.25, 0.3) is 0 Å². The molecule has 0 aromatic heterocycles. The van der Waals surface area contributed by atoms with Gasteiger partial charge in [-0.3, -0.25) is 4.79 Å². The van der Waals surface area contributed by atoms with Crippen molar-refractivity contribution in [2.24, 2.45) is 5.41 Å². The number of carbonyl (C=O) groups is 1. The molecule has 0 aliphatic carbocycles. The summed E-state index contributed by atoms with van der Waals surface area (Å²) in [6, 6.07) is 7.09. The normalized spacial score (nSPS) is 23.7. The lowest BCUT2D eigenvalue weighted by Crippen LogP contribution is -3.20. The second-order valence-electron chi connectivity index (χ2n) is 7.24.